The first-order valence-corrected chi connectivity index (χ1v) is 7.31. The molecule has 0 fully saturated rings. The predicted molar refractivity (Wildman–Crippen MR) is 80.8 cm³/mol. The Kier molecular flexibility index (Phi) is 7.61. The molecule has 0 aromatic heterocycles. The van der Waals surface area contributed by atoms with Gasteiger partial charge in [0.2, 0.25) is 11.7 Å². The Balaban J connectivity index is 3.26. The molecule has 25 heavy (non-hydrogen) atoms. The fourth-order valence-electron chi connectivity index (χ4n) is 2.16. The average Bonchev–Trinajstić information content (AvgIpc) is 2.60. The van der Waals surface area contributed by atoms with Crippen molar-refractivity contribution < 1.29 is 39.9 Å². The van der Waals surface area contributed by atoms with Gasteiger partial charge in [-0.15, -0.1) is 0 Å². The molecule has 1 rings (SSSR count). The minimum Gasteiger partial charge on any atom is -0.478 e. The molecule has 1 aliphatic heterocycles. The van der Waals surface area contributed by atoms with Crippen LogP contribution in [0.3, 0.4) is 0 Å². The Bertz CT molecular complexity index is 576. The van der Waals surface area contributed by atoms with Gasteiger partial charge in [-0.3, -0.25) is 4.79 Å². The van der Waals surface area contributed by atoms with Gasteiger partial charge in [0.1, 0.15) is 18.3 Å². The van der Waals surface area contributed by atoms with Gasteiger partial charge in [0.25, 0.3) is 0 Å². The smallest absolute Gasteiger partial charge is 0.370 e. The number of hydrogen-bond donors (Lipinski definition) is 6. The molecule has 6 atom stereocenters. The van der Waals surface area contributed by atoms with Crippen LogP contribution in [-0.2, 0) is 14.3 Å². The second-order valence-electron chi connectivity index (χ2n) is 5.47. The van der Waals surface area contributed by atoms with Crippen LogP contribution in [0.15, 0.2) is 16.9 Å². The van der Waals surface area contributed by atoms with Crippen molar-refractivity contribution in [2.75, 3.05) is 13.2 Å². The third-order valence-corrected chi connectivity index (χ3v) is 3.65. The highest BCUT2D eigenvalue weighted by atomic mass is 16.5. The zero-order valence-electron chi connectivity index (χ0n) is 13.3. The number of carboxylic acids is 1. The SMILES string of the molecule is CC(CO)C(=O)N[C@H]1[C@H]([C@H](O)[C@H](O)CO)OC(C(=O)O)=C[C@@H]1N=[N+]=[N-]. The van der Waals surface area contributed by atoms with Crippen LogP contribution in [0.25, 0.3) is 10.4 Å². The van der Waals surface area contributed by atoms with Gasteiger partial charge in [-0.1, -0.05) is 12.0 Å². The van der Waals surface area contributed by atoms with E-state index in [9.17, 15) is 19.8 Å². The van der Waals surface area contributed by atoms with Crippen molar-refractivity contribution in [1.82, 2.24) is 5.32 Å². The van der Waals surface area contributed by atoms with E-state index in [2.05, 4.69) is 15.3 Å². The van der Waals surface area contributed by atoms with E-state index in [0.29, 0.717) is 0 Å². The fourth-order valence-corrected chi connectivity index (χ4v) is 2.16. The van der Waals surface area contributed by atoms with Crippen LogP contribution in [0.1, 0.15) is 6.92 Å². The highest BCUT2D eigenvalue weighted by Gasteiger charge is 2.43. The minimum atomic E-state index is -1.79. The van der Waals surface area contributed by atoms with Crippen molar-refractivity contribution in [2.24, 2.45) is 11.0 Å². The van der Waals surface area contributed by atoms with Gasteiger partial charge in [0.05, 0.1) is 31.2 Å². The lowest BCUT2D eigenvalue weighted by Crippen LogP contribution is -2.60. The molecule has 0 aromatic carbocycles. The number of aliphatic hydroxyl groups is 4. The van der Waals surface area contributed by atoms with Crippen LogP contribution in [0, 0.1) is 5.92 Å². The highest BCUT2D eigenvalue weighted by Crippen LogP contribution is 2.25. The van der Waals surface area contributed by atoms with E-state index in [-0.39, 0.29) is 0 Å². The zero-order valence-corrected chi connectivity index (χ0v) is 13.3. The van der Waals surface area contributed by atoms with Gasteiger partial charge in [-0.2, -0.15) is 0 Å². The number of aliphatic hydroxyl groups excluding tert-OH is 4. The van der Waals surface area contributed by atoms with E-state index < -0.39 is 67.2 Å². The first-order chi connectivity index (χ1) is 11.8. The number of hydrogen-bond acceptors (Lipinski definition) is 8. The summed E-state index contributed by atoms with van der Waals surface area (Å²) in [5, 5.41) is 52.6. The second kappa shape index (κ2) is 9.20. The molecule has 0 aromatic rings. The van der Waals surface area contributed by atoms with Crippen LogP contribution in [0.4, 0.5) is 0 Å². The molecule has 0 spiro atoms. The van der Waals surface area contributed by atoms with E-state index >= 15 is 0 Å². The molecular formula is C13H20N4O8. The first kappa shape index (κ1) is 20.7. The van der Waals surface area contributed by atoms with Crippen molar-refractivity contribution in [3.63, 3.8) is 0 Å². The summed E-state index contributed by atoms with van der Waals surface area (Å²) in [6.07, 6.45) is -4.06. The highest BCUT2D eigenvalue weighted by molar-refractivity contribution is 5.85. The van der Waals surface area contributed by atoms with Gasteiger partial charge >= 0.3 is 5.97 Å². The molecule has 0 saturated heterocycles. The lowest BCUT2D eigenvalue weighted by Gasteiger charge is -2.38. The molecule has 140 valence electrons. The maximum atomic E-state index is 12.0. The molecule has 0 saturated carbocycles. The molecule has 1 amide bonds. The molecule has 12 nitrogen and oxygen atoms in total. The van der Waals surface area contributed by atoms with Crippen molar-refractivity contribution in [3.8, 4) is 0 Å². The third kappa shape index (κ3) is 5.05. The standard InChI is InChI=1S/C13H20N4O8/c1-5(3-18)12(22)15-9-6(16-17-14)2-8(13(23)24)25-11(9)10(21)7(20)4-19/h2,5-7,9-11,18-21H,3-4H2,1H3,(H,15,22)(H,23,24)/t5?,6-,7+,9+,10+,11+/m0/s1. The van der Waals surface area contributed by atoms with Crippen LogP contribution in [0.2, 0.25) is 0 Å². The summed E-state index contributed by atoms with van der Waals surface area (Å²) in [7, 11) is 0. The monoisotopic (exact) mass is 360 g/mol. The van der Waals surface area contributed by atoms with Crippen LogP contribution in [0.5, 0.6) is 0 Å². The van der Waals surface area contributed by atoms with Gasteiger partial charge in [-0.25, -0.2) is 4.79 Å². The minimum absolute atomic E-state index is 0.478. The molecular weight excluding hydrogens is 340 g/mol. The lowest BCUT2D eigenvalue weighted by molar-refractivity contribution is -0.146. The van der Waals surface area contributed by atoms with Crippen LogP contribution in [-0.4, -0.2) is 81.0 Å². The number of rotatable bonds is 8. The predicted octanol–water partition coefficient (Wildman–Crippen LogP) is -2.14. The molecule has 0 radical (unpaired) electrons. The van der Waals surface area contributed by atoms with E-state index in [1.807, 2.05) is 0 Å². The van der Waals surface area contributed by atoms with Crippen molar-refractivity contribution >= 4 is 11.9 Å². The molecule has 1 heterocycles. The number of aliphatic carboxylic acids is 1. The quantitative estimate of drug-likeness (QED) is 0.159. The molecule has 6 N–H and O–H groups in total. The molecule has 1 aliphatic rings. The van der Waals surface area contributed by atoms with Crippen LogP contribution >= 0.6 is 0 Å². The Hall–Kier alpha value is -2.37. The van der Waals surface area contributed by atoms with Gasteiger partial charge in [-0.05, 0) is 11.6 Å². The maximum Gasteiger partial charge on any atom is 0.370 e. The molecule has 0 bridgehead atoms. The Morgan fingerprint density at radius 1 is 1.40 bits per heavy atom. The van der Waals surface area contributed by atoms with Crippen molar-refractivity contribution in [1.29, 1.82) is 0 Å². The van der Waals surface area contributed by atoms with Gasteiger partial charge in [0.15, 0.2) is 0 Å². The molecule has 12 heteroatoms. The van der Waals surface area contributed by atoms with Gasteiger partial charge in [0, 0.05) is 4.91 Å². The van der Waals surface area contributed by atoms with E-state index in [4.69, 9.17) is 25.6 Å². The Labute approximate surface area is 142 Å². The molecule has 0 aliphatic carbocycles. The largest absolute Gasteiger partial charge is 0.478 e. The summed E-state index contributed by atoms with van der Waals surface area (Å²) in [5.74, 6) is -3.66. The third-order valence-electron chi connectivity index (χ3n) is 3.65. The second-order valence-corrected chi connectivity index (χ2v) is 5.47. The van der Waals surface area contributed by atoms with Crippen molar-refractivity contribution in [2.45, 2.75) is 37.3 Å². The average molecular weight is 360 g/mol. The number of azide groups is 1. The number of carbonyl (C=O) groups excluding carboxylic acids is 1. The zero-order chi connectivity index (χ0) is 19.1. The maximum absolute atomic E-state index is 12.0. The number of ether oxygens (including phenoxy) is 1. The summed E-state index contributed by atoms with van der Waals surface area (Å²) in [6.45, 7) is 0.0788. The van der Waals surface area contributed by atoms with Gasteiger partial charge < -0.3 is 35.6 Å². The number of amides is 1. The summed E-state index contributed by atoms with van der Waals surface area (Å²) in [6, 6.07) is -2.48. The number of nitrogens with zero attached hydrogens (tertiary/aromatic N) is 3. The van der Waals surface area contributed by atoms with E-state index in [0.717, 1.165) is 6.08 Å². The number of nitrogens with one attached hydrogen (secondary N) is 1. The summed E-state index contributed by atoms with van der Waals surface area (Å²) in [5.41, 5.74) is 8.67. The fraction of sp³-hybridized carbons (Fsp3) is 0.692. The topological polar surface area (TPSA) is 205 Å². The number of carboxylic acid groups (broad SMARTS) is 1. The Morgan fingerprint density at radius 2 is 2.04 bits per heavy atom. The van der Waals surface area contributed by atoms with Crippen molar-refractivity contribution in [3.05, 3.63) is 22.3 Å². The number of carbonyl (C=O) groups is 2. The molecule has 1 unspecified atom stereocenters. The summed E-state index contributed by atoms with van der Waals surface area (Å²) < 4.78 is 5.12. The lowest BCUT2D eigenvalue weighted by atomic mass is 9.92. The van der Waals surface area contributed by atoms with E-state index in [1.54, 1.807) is 0 Å². The van der Waals surface area contributed by atoms with Crippen LogP contribution < -0.4 is 5.32 Å². The van der Waals surface area contributed by atoms with E-state index in [1.165, 1.54) is 6.92 Å². The normalized spacial score (nSPS) is 26.3. The summed E-state index contributed by atoms with van der Waals surface area (Å²) in [4.78, 5) is 25.7. The summed E-state index contributed by atoms with van der Waals surface area (Å²) >= 11 is 0. The Morgan fingerprint density at radius 3 is 2.52 bits per heavy atom. The first-order valence-electron chi connectivity index (χ1n) is 7.31.